The molecule has 5 nitrogen and oxygen atoms in total. The Hall–Kier alpha value is -3.22. The number of likely N-dealkylation sites (tertiary alicyclic amines) is 1. The molecule has 1 saturated heterocycles. The highest BCUT2D eigenvalue weighted by Crippen LogP contribution is 2.47. The van der Waals surface area contributed by atoms with Gasteiger partial charge in [0.1, 0.15) is 29.6 Å². The highest BCUT2D eigenvalue weighted by atomic mass is 32.1. The molecule has 1 aliphatic rings. The van der Waals surface area contributed by atoms with E-state index in [0.29, 0.717) is 6.61 Å². The number of ether oxygens (including phenoxy) is 1. The first kappa shape index (κ1) is 21.6. The summed E-state index contributed by atoms with van der Waals surface area (Å²) in [5.41, 5.74) is 2.66. The molecule has 0 aliphatic carbocycles. The van der Waals surface area contributed by atoms with Gasteiger partial charge in [0.15, 0.2) is 0 Å². The van der Waals surface area contributed by atoms with Gasteiger partial charge >= 0.3 is 0 Å². The number of phenols is 3. The Morgan fingerprint density at radius 2 is 1.48 bits per heavy atom. The Kier molecular flexibility index (Phi) is 6.11. The van der Waals surface area contributed by atoms with E-state index in [1.54, 1.807) is 35.6 Å². The van der Waals surface area contributed by atoms with Crippen LogP contribution in [0, 0.1) is 0 Å². The van der Waals surface area contributed by atoms with E-state index >= 15 is 0 Å². The van der Waals surface area contributed by atoms with E-state index in [1.807, 2.05) is 30.3 Å². The molecule has 3 N–H and O–H groups in total. The van der Waals surface area contributed by atoms with Gasteiger partial charge in [0, 0.05) is 33.1 Å². The molecular formula is C27H27NO4S. The van der Waals surface area contributed by atoms with Crippen LogP contribution in [0.2, 0.25) is 0 Å². The Morgan fingerprint density at radius 3 is 2.21 bits per heavy atom. The van der Waals surface area contributed by atoms with Gasteiger partial charge in [-0.15, -0.1) is 11.3 Å². The molecule has 0 amide bonds. The van der Waals surface area contributed by atoms with Crippen molar-refractivity contribution in [3.63, 3.8) is 0 Å². The second-order valence-electron chi connectivity index (χ2n) is 8.50. The van der Waals surface area contributed by atoms with E-state index < -0.39 is 0 Å². The average Bonchev–Trinajstić information content (AvgIpc) is 3.18. The molecule has 0 bridgehead atoms. The molecule has 1 aliphatic heterocycles. The van der Waals surface area contributed by atoms with E-state index in [1.165, 1.54) is 25.3 Å². The van der Waals surface area contributed by atoms with Crippen LogP contribution in [0.25, 0.3) is 31.7 Å². The zero-order valence-corrected chi connectivity index (χ0v) is 19.1. The average molecular weight is 462 g/mol. The molecule has 0 unspecified atom stereocenters. The number of rotatable bonds is 6. The monoisotopic (exact) mass is 461 g/mol. The third kappa shape index (κ3) is 4.77. The van der Waals surface area contributed by atoms with Crippen LogP contribution in [0.1, 0.15) is 19.3 Å². The predicted octanol–water partition coefficient (Wildman–Crippen LogP) is 6.22. The van der Waals surface area contributed by atoms with Crippen LogP contribution in [0.15, 0.2) is 60.7 Å². The Morgan fingerprint density at radius 1 is 0.758 bits per heavy atom. The minimum Gasteiger partial charge on any atom is -0.508 e. The number of hydrogen-bond donors (Lipinski definition) is 3. The van der Waals surface area contributed by atoms with Gasteiger partial charge in [-0.05, 0) is 79.5 Å². The zero-order valence-electron chi connectivity index (χ0n) is 18.3. The first-order valence-corrected chi connectivity index (χ1v) is 12.1. The lowest BCUT2D eigenvalue weighted by Gasteiger charge is -2.26. The first-order chi connectivity index (χ1) is 16.1. The van der Waals surface area contributed by atoms with Gasteiger partial charge in [-0.3, -0.25) is 4.90 Å². The van der Waals surface area contributed by atoms with Crippen molar-refractivity contribution in [1.29, 1.82) is 0 Å². The fourth-order valence-electron chi connectivity index (χ4n) is 4.50. The number of nitrogens with zero attached hydrogens (tertiary/aromatic N) is 1. The Labute approximate surface area is 197 Å². The molecule has 4 aromatic rings. The van der Waals surface area contributed by atoms with Crippen LogP contribution in [-0.2, 0) is 0 Å². The van der Waals surface area contributed by atoms with Crippen molar-refractivity contribution in [2.24, 2.45) is 0 Å². The lowest BCUT2D eigenvalue weighted by molar-refractivity contribution is 0.183. The van der Waals surface area contributed by atoms with Gasteiger partial charge in [-0.1, -0.05) is 18.6 Å². The summed E-state index contributed by atoms with van der Waals surface area (Å²) in [4.78, 5) is 3.37. The van der Waals surface area contributed by atoms with Gasteiger partial charge in [-0.25, -0.2) is 0 Å². The maximum Gasteiger partial charge on any atom is 0.119 e. The number of piperidine rings is 1. The smallest absolute Gasteiger partial charge is 0.119 e. The summed E-state index contributed by atoms with van der Waals surface area (Å²) in [5.74, 6) is 1.04. The molecular weight excluding hydrogens is 434 g/mol. The highest BCUT2D eigenvalue weighted by Gasteiger charge is 2.18. The van der Waals surface area contributed by atoms with E-state index in [-0.39, 0.29) is 17.2 Å². The van der Waals surface area contributed by atoms with Crippen molar-refractivity contribution in [3.8, 4) is 44.6 Å². The summed E-state index contributed by atoms with van der Waals surface area (Å²) < 4.78 is 7.01. The van der Waals surface area contributed by atoms with E-state index in [0.717, 1.165) is 57.0 Å². The van der Waals surface area contributed by atoms with Gasteiger partial charge in [0.2, 0.25) is 0 Å². The molecule has 0 spiro atoms. The van der Waals surface area contributed by atoms with Crippen molar-refractivity contribution >= 4 is 21.4 Å². The van der Waals surface area contributed by atoms with Crippen molar-refractivity contribution in [2.75, 3.05) is 26.2 Å². The topological polar surface area (TPSA) is 73.2 Å². The molecule has 0 radical (unpaired) electrons. The maximum absolute atomic E-state index is 10.1. The molecule has 3 aromatic carbocycles. The Bertz CT molecular complexity index is 1240. The highest BCUT2D eigenvalue weighted by molar-refractivity contribution is 7.23. The van der Waals surface area contributed by atoms with Gasteiger partial charge in [0.25, 0.3) is 0 Å². The van der Waals surface area contributed by atoms with Crippen molar-refractivity contribution in [2.45, 2.75) is 19.3 Å². The number of hydrogen-bond acceptors (Lipinski definition) is 6. The molecule has 170 valence electrons. The largest absolute Gasteiger partial charge is 0.508 e. The fourth-order valence-corrected chi connectivity index (χ4v) is 5.69. The standard InChI is InChI=1S/C27H27NO4S/c29-20-6-9-25-24(17-20)26(27(33-25)19-14-21(30)16-22(31)15-19)18-4-7-23(8-5-18)32-13-12-28-10-2-1-3-11-28/h4-9,14-17,29-31H,1-3,10-13H2. The summed E-state index contributed by atoms with van der Waals surface area (Å²) >= 11 is 1.56. The van der Waals surface area contributed by atoms with E-state index in [2.05, 4.69) is 4.90 Å². The van der Waals surface area contributed by atoms with Crippen LogP contribution in [0.4, 0.5) is 0 Å². The number of aromatic hydroxyl groups is 3. The van der Waals surface area contributed by atoms with E-state index in [4.69, 9.17) is 4.74 Å². The molecule has 0 atom stereocenters. The lowest BCUT2D eigenvalue weighted by atomic mass is 9.98. The fraction of sp³-hybridized carbons (Fsp3) is 0.259. The third-order valence-corrected chi connectivity index (χ3v) is 7.32. The normalized spacial score (nSPS) is 14.5. The summed E-state index contributed by atoms with van der Waals surface area (Å²) in [6.07, 6.45) is 3.88. The van der Waals surface area contributed by atoms with Gasteiger partial charge in [0.05, 0.1) is 0 Å². The molecule has 1 fully saturated rings. The predicted molar refractivity (Wildman–Crippen MR) is 133 cm³/mol. The first-order valence-electron chi connectivity index (χ1n) is 11.3. The van der Waals surface area contributed by atoms with Gasteiger partial charge in [-0.2, -0.15) is 0 Å². The molecule has 6 heteroatoms. The zero-order chi connectivity index (χ0) is 22.8. The number of thiophene rings is 1. The summed E-state index contributed by atoms with van der Waals surface area (Å²) in [5, 5.41) is 31.1. The van der Waals surface area contributed by atoms with Crippen LogP contribution in [0.5, 0.6) is 23.0 Å². The molecule has 33 heavy (non-hydrogen) atoms. The summed E-state index contributed by atoms with van der Waals surface area (Å²) in [6.45, 7) is 3.94. The second kappa shape index (κ2) is 9.33. The minimum atomic E-state index is 0.00806. The van der Waals surface area contributed by atoms with Crippen LogP contribution in [0.3, 0.4) is 0 Å². The third-order valence-electron chi connectivity index (χ3n) is 6.10. The number of fused-ring (bicyclic) bond motifs is 1. The maximum atomic E-state index is 10.1. The van der Waals surface area contributed by atoms with Gasteiger partial charge < -0.3 is 20.1 Å². The summed E-state index contributed by atoms with van der Waals surface area (Å²) in [7, 11) is 0. The second-order valence-corrected chi connectivity index (χ2v) is 9.55. The lowest BCUT2D eigenvalue weighted by Crippen LogP contribution is -2.33. The van der Waals surface area contributed by atoms with E-state index in [9.17, 15) is 15.3 Å². The summed E-state index contributed by atoms with van der Waals surface area (Å²) in [6, 6.07) is 17.9. The number of benzene rings is 3. The molecule has 5 rings (SSSR count). The van der Waals surface area contributed by atoms with Crippen LogP contribution in [-0.4, -0.2) is 46.5 Å². The minimum absolute atomic E-state index is 0.00806. The molecule has 0 saturated carbocycles. The van der Waals surface area contributed by atoms with Crippen LogP contribution >= 0.6 is 11.3 Å². The quantitative estimate of drug-likeness (QED) is 0.318. The van der Waals surface area contributed by atoms with Crippen LogP contribution < -0.4 is 4.74 Å². The molecule has 1 aromatic heterocycles. The Balaban J connectivity index is 1.45. The number of phenolic OH excluding ortho intramolecular Hbond substituents is 3. The van der Waals surface area contributed by atoms with Crippen molar-refractivity contribution in [1.82, 2.24) is 4.90 Å². The van der Waals surface area contributed by atoms with Crippen molar-refractivity contribution < 1.29 is 20.1 Å². The SMILES string of the molecule is Oc1cc(O)cc(-c2sc3ccc(O)cc3c2-c2ccc(OCCN3CCCCC3)cc2)c1. The van der Waals surface area contributed by atoms with Crippen molar-refractivity contribution in [3.05, 3.63) is 60.7 Å². The molecule has 2 heterocycles.